The molecule has 0 fully saturated rings. The van der Waals surface area contributed by atoms with Gasteiger partial charge in [-0.2, -0.15) is 0 Å². The van der Waals surface area contributed by atoms with Gasteiger partial charge >= 0.3 is 5.97 Å². The van der Waals surface area contributed by atoms with Crippen molar-refractivity contribution in [3.05, 3.63) is 30.2 Å². The van der Waals surface area contributed by atoms with E-state index < -0.39 is 5.97 Å². The van der Waals surface area contributed by atoms with E-state index in [9.17, 15) is 4.79 Å². The number of imidazole rings is 1. The summed E-state index contributed by atoms with van der Waals surface area (Å²) in [6, 6.07) is 3.74. The molecule has 2 aromatic heterocycles. The molecular formula is C11H13N3O2. The van der Waals surface area contributed by atoms with Crippen molar-refractivity contribution in [1.82, 2.24) is 9.38 Å². The second-order valence-electron chi connectivity index (χ2n) is 3.28. The first-order chi connectivity index (χ1) is 7.74. The maximum atomic E-state index is 11.5. The van der Waals surface area contributed by atoms with Crippen molar-refractivity contribution in [1.29, 1.82) is 0 Å². The molecule has 0 spiro atoms. The summed E-state index contributed by atoms with van der Waals surface area (Å²) in [5.41, 5.74) is 2.01. The monoisotopic (exact) mass is 219 g/mol. The number of fused-ring (bicyclic) bond motifs is 1. The normalized spacial score (nSPS) is 10.4. The second-order valence-corrected chi connectivity index (χ2v) is 3.28. The number of ether oxygens (including phenoxy) is 1. The number of carbonyl (C=O) groups is 1. The van der Waals surface area contributed by atoms with Gasteiger partial charge in [0.15, 0.2) is 5.69 Å². The van der Waals surface area contributed by atoms with E-state index in [0.29, 0.717) is 12.3 Å². The fourth-order valence-electron chi connectivity index (χ4n) is 1.44. The fraction of sp³-hybridized carbons (Fsp3) is 0.273. The summed E-state index contributed by atoms with van der Waals surface area (Å²) in [5.74, 6) is -0.391. The third-order valence-electron chi connectivity index (χ3n) is 2.22. The van der Waals surface area contributed by atoms with Crippen LogP contribution in [-0.4, -0.2) is 29.0 Å². The van der Waals surface area contributed by atoms with Crippen molar-refractivity contribution >= 4 is 17.3 Å². The van der Waals surface area contributed by atoms with E-state index in [1.165, 1.54) is 0 Å². The SMILES string of the molecule is CCOC(=O)c1cn2cc(NC)ccc2n1. The third kappa shape index (κ3) is 1.84. The predicted octanol–water partition coefficient (Wildman–Crippen LogP) is 1.55. The Morgan fingerprint density at radius 2 is 2.31 bits per heavy atom. The van der Waals surface area contributed by atoms with Gasteiger partial charge in [-0.25, -0.2) is 9.78 Å². The number of anilines is 1. The van der Waals surface area contributed by atoms with Crippen molar-refractivity contribution in [2.75, 3.05) is 19.0 Å². The molecule has 1 N–H and O–H groups in total. The average molecular weight is 219 g/mol. The van der Waals surface area contributed by atoms with Crippen LogP contribution >= 0.6 is 0 Å². The molecule has 84 valence electrons. The molecule has 0 amide bonds. The Morgan fingerprint density at radius 1 is 1.50 bits per heavy atom. The van der Waals surface area contributed by atoms with Gasteiger partial charge in [0.1, 0.15) is 5.65 Å². The lowest BCUT2D eigenvalue weighted by Crippen LogP contribution is -2.04. The summed E-state index contributed by atoms with van der Waals surface area (Å²) in [6.45, 7) is 2.13. The molecule has 0 aliphatic carbocycles. The van der Waals surface area contributed by atoms with Crippen LogP contribution in [0.2, 0.25) is 0 Å². The molecule has 5 heteroatoms. The first kappa shape index (κ1) is 10.5. The summed E-state index contributed by atoms with van der Waals surface area (Å²) >= 11 is 0. The van der Waals surface area contributed by atoms with Crippen LogP contribution in [0.25, 0.3) is 5.65 Å². The summed E-state index contributed by atoms with van der Waals surface area (Å²) in [5, 5.41) is 3.02. The molecule has 0 aliphatic heterocycles. The topological polar surface area (TPSA) is 55.6 Å². The van der Waals surface area contributed by atoms with Crippen LogP contribution in [0.5, 0.6) is 0 Å². The standard InChI is InChI=1S/C11H13N3O2/c1-3-16-11(15)9-7-14-6-8(12-2)4-5-10(14)13-9/h4-7,12H,3H2,1-2H3. The summed E-state index contributed by atoms with van der Waals surface area (Å²) in [4.78, 5) is 15.6. The molecule has 0 saturated carbocycles. The molecule has 0 radical (unpaired) electrons. The van der Waals surface area contributed by atoms with Gasteiger partial charge in [0, 0.05) is 19.4 Å². The van der Waals surface area contributed by atoms with Crippen LogP contribution in [-0.2, 0) is 4.74 Å². The number of nitrogens with one attached hydrogen (secondary N) is 1. The van der Waals surface area contributed by atoms with E-state index in [1.54, 1.807) is 17.5 Å². The lowest BCUT2D eigenvalue weighted by Gasteiger charge is -1.99. The number of nitrogens with zero attached hydrogens (tertiary/aromatic N) is 2. The number of pyridine rings is 1. The third-order valence-corrected chi connectivity index (χ3v) is 2.22. The summed E-state index contributed by atoms with van der Waals surface area (Å²) < 4.78 is 6.67. The van der Waals surface area contributed by atoms with Crippen LogP contribution < -0.4 is 5.32 Å². The zero-order valence-corrected chi connectivity index (χ0v) is 9.23. The van der Waals surface area contributed by atoms with Crippen molar-refractivity contribution in [2.24, 2.45) is 0 Å². The Hall–Kier alpha value is -2.04. The Bertz CT molecular complexity index is 519. The molecule has 0 atom stereocenters. The molecule has 16 heavy (non-hydrogen) atoms. The average Bonchev–Trinajstić information content (AvgIpc) is 2.71. The van der Waals surface area contributed by atoms with E-state index in [1.807, 2.05) is 25.4 Å². The number of hydrogen-bond acceptors (Lipinski definition) is 4. The minimum Gasteiger partial charge on any atom is -0.461 e. The molecule has 0 saturated heterocycles. The van der Waals surface area contributed by atoms with Crippen molar-refractivity contribution in [3.8, 4) is 0 Å². The van der Waals surface area contributed by atoms with Crippen LogP contribution in [0.4, 0.5) is 5.69 Å². The molecule has 5 nitrogen and oxygen atoms in total. The molecule has 0 unspecified atom stereocenters. The Morgan fingerprint density at radius 3 is 3.00 bits per heavy atom. The number of rotatable bonds is 3. The fourth-order valence-corrected chi connectivity index (χ4v) is 1.44. The van der Waals surface area contributed by atoms with E-state index in [0.717, 1.165) is 11.3 Å². The van der Waals surface area contributed by atoms with Gasteiger partial charge < -0.3 is 14.5 Å². The van der Waals surface area contributed by atoms with Gasteiger partial charge in [-0.15, -0.1) is 0 Å². The van der Waals surface area contributed by atoms with E-state index in [-0.39, 0.29) is 0 Å². The van der Waals surface area contributed by atoms with Gasteiger partial charge in [-0.3, -0.25) is 0 Å². The van der Waals surface area contributed by atoms with Crippen LogP contribution in [0.1, 0.15) is 17.4 Å². The number of aromatic nitrogens is 2. The molecule has 0 aliphatic rings. The second kappa shape index (κ2) is 4.22. The quantitative estimate of drug-likeness (QED) is 0.796. The Labute approximate surface area is 93.1 Å². The van der Waals surface area contributed by atoms with Crippen LogP contribution in [0.3, 0.4) is 0 Å². The highest BCUT2D eigenvalue weighted by Gasteiger charge is 2.11. The first-order valence-corrected chi connectivity index (χ1v) is 5.08. The van der Waals surface area contributed by atoms with Gasteiger partial charge in [-0.05, 0) is 19.1 Å². The van der Waals surface area contributed by atoms with Crippen molar-refractivity contribution in [3.63, 3.8) is 0 Å². The number of esters is 1. The van der Waals surface area contributed by atoms with Crippen molar-refractivity contribution in [2.45, 2.75) is 6.92 Å². The van der Waals surface area contributed by atoms with Gasteiger partial charge in [0.05, 0.1) is 12.3 Å². The summed E-state index contributed by atoms with van der Waals surface area (Å²) in [6.07, 6.45) is 3.53. The minimum absolute atomic E-state index is 0.329. The Balaban J connectivity index is 2.39. The van der Waals surface area contributed by atoms with Gasteiger partial charge in [0.2, 0.25) is 0 Å². The molecule has 0 bridgehead atoms. The molecule has 2 rings (SSSR count). The maximum absolute atomic E-state index is 11.5. The molecule has 0 aromatic carbocycles. The minimum atomic E-state index is -0.391. The Kier molecular flexibility index (Phi) is 2.76. The zero-order chi connectivity index (χ0) is 11.5. The summed E-state index contributed by atoms with van der Waals surface area (Å²) in [7, 11) is 1.84. The number of carbonyl (C=O) groups excluding carboxylic acids is 1. The van der Waals surface area contributed by atoms with Gasteiger partial charge in [-0.1, -0.05) is 0 Å². The molecule has 2 aromatic rings. The van der Waals surface area contributed by atoms with Crippen LogP contribution in [0.15, 0.2) is 24.5 Å². The lowest BCUT2D eigenvalue weighted by molar-refractivity contribution is 0.0520. The van der Waals surface area contributed by atoms with E-state index in [2.05, 4.69) is 10.3 Å². The number of hydrogen-bond donors (Lipinski definition) is 1. The maximum Gasteiger partial charge on any atom is 0.358 e. The smallest absolute Gasteiger partial charge is 0.358 e. The molecule has 2 heterocycles. The highest BCUT2D eigenvalue weighted by molar-refractivity contribution is 5.88. The van der Waals surface area contributed by atoms with Gasteiger partial charge in [0.25, 0.3) is 0 Å². The molecular weight excluding hydrogens is 206 g/mol. The van der Waals surface area contributed by atoms with Crippen molar-refractivity contribution < 1.29 is 9.53 Å². The van der Waals surface area contributed by atoms with E-state index >= 15 is 0 Å². The zero-order valence-electron chi connectivity index (χ0n) is 9.23. The van der Waals surface area contributed by atoms with Crippen LogP contribution in [0, 0.1) is 0 Å². The lowest BCUT2D eigenvalue weighted by atomic mass is 10.4. The highest BCUT2D eigenvalue weighted by atomic mass is 16.5. The van der Waals surface area contributed by atoms with E-state index in [4.69, 9.17) is 4.74 Å². The first-order valence-electron chi connectivity index (χ1n) is 5.08. The largest absolute Gasteiger partial charge is 0.461 e. The predicted molar refractivity (Wildman–Crippen MR) is 60.7 cm³/mol. The highest BCUT2D eigenvalue weighted by Crippen LogP contribution is 2.11.